The average molecular weight is 903 g/mol. The molecule has 1 aliphatic heterocycles. The fraction of sp³-hybridized carbons (Fsp3) is 0.592. The van der Waals surface area contributed by atoms with Crippen molar-refractivity contribution < 1.29 is 66.7 Å². The average Bonchev–Trinajstić information content (AvgIpc) is 3.71. The van der Waals surface area contributed by atoms with Gasteiger partial charge in [-0.1, -0.05) is 83.1 Å². The maximum absolute atomic E-state index is 16.5. The van der Waals surface area contributed by atoms with Crippen molar-refractivity contribution in [3.05, 3.63) is 82.9 Å². The number of carbonyl (C=O) groups is 6. The molecular weight excluding hydrogens is 841 g/mol. The Morgan fingerprint density at radius 1 is 0.891 bits per heavy atom. The molecule has 4 fully saturated rings. The molecule has 1 heterocycles. The van der Waals surface area contributed by atoms with Gasteiger partial charge in [-0.15, -0.1) is 0 Å². The fourth-order valence-corrected chi connectivity index (χ4v) is 14.4. The summed E-state index contributed by atoms with van der Waals surface area (Å²) in [6.45, 7) is 13.6. The van der Waals surface area contributed by atoms with Crippen molar-refractivity contribution >= 4 is 43.9 Å². The molecule has 1 saturated heterocycles. The summed E-state index contributed by atoms with van der Waals surface area (Å²) in [5.41, 5.74) is -6.18. The molecule has 0 amide bonds. The summed E-state index contributed by atoms with van der Waals surface area (Å²) in [7, 11) is -2.63. The van der Waals surface area contributed by atoms with Crippen molar-refractivity contribution in [2.75, 3.05) is 6.61 Å². The lowest BCUT2D eigenvalue weighted by Crippen LogP contribution is -2.82. The molecule has 10 atom stereocenters. The second-order valence-electron chi connectivity index (χ2n) is 19.0. The van der Waals surface area contributed by atoms with E-state index >= 15 is 4.79 Å². The van der Waals surface area contributed by atoms with Gasteiger partial charge in [0, 0.05) is 31.6 Å². The van der Waals surface area contributed by atoms with Crippen LogP contribution in [0.4, 0.5) is 4.79 Å². The van der Waals surface area contributed by atoms with Crippen LogP contribution in [0, 0.1) is 22.7 Å². The van der Waals surface area contributed by atoms with Crippen LogP contribution >= 0.6 is 0 Å². The quantitative estimate of drug-likeness (QED) is 0.0689. The zero-order chi connectivity index (χ0) is 46.4. The Labute approximate surface area is 375 Å². The summed E-state index contributed by atoms with van der Waals surface area (Å²) in [6, 6.07) is 19.2. The first kappa shape index (κ1) is 47.3. The third-order valence-corrected chi connectivity index (χ3v) is 20.1. The van der Waals surface area contributed by atoms with E-state index in [4.69, 9.17) is 32.8 Å². The van der Waals surface area contributed by atoms with E-state index in [1.54, 1.807) is 82.3 Å². The number of ether oxygens (including phenoxy) is 6. The molecule has 15 heteroatoms. The number of carbonyl (C=O) groups excluding carboxylic acids is 6. The van der Waals surface area contributed by atoms with Crippen LogP contribution in [0.5, 0.6) is 0 Å². The van der Waals surface area contributed by atoms with Gasteiger partial charge in [-0.2, -0.15) is 0 Å². The molecular formula is C49H62O14Si. The Balaban J connectivity index is 1.49. The molecule has 1 N–H and O–H groups in total. The highest BCUT2D eigenvalue weighted by Crippen LogP contribution is 2.65. The number of rotatable bonds is 13. The van der Waals surface area contributed by atoms with Crippen LogP contribution in [-0.2, 0) is 58.6 Å². The third kappa shape index (κ3) is 7.93. The maximum atomic E-state index is 16.5. The lowest BCUT2D eigenvalue weighted by Gasteiger charge is -2.68. The van der Waals surface area contributed by atoms with Gasteiger partial charge in [0.15, 0.2) is 25.8 Å². The number of fused-ring (bicyclic) bond motifs is 5. The molecule has 346 valence electrons. The van der Waals surface area contributed by atoms with Crippen LogP contribution in [0.3, 0.4) is 0 Å². The van der Waals surface area contributed by atoms with Gasteiger partial charge in [0.25, 0.3) is 0 Å². The lowest BCUT2D eigenvalue weighted by atomic mass is 9.44. The summed E-state index contributed by atoms with van der Waals surface area (Å²) < 4.78 is 44.7. The Bertz CT molecular complexity index is 2160. The number of aliphatic hydroxyl groups is 1. The van der Waals surface area contributed by atoms with Gasteiger partial charge in [-0.25, -0.2) is 9.59 Å². The molecule has 4 aliphatic carbocycles. The monoisotopic (exact) mass is 902 g/mol. The molecule has 0 aromatic heterocycles. The van der Waals surface area contributed by atoms with Gasteiger partial charge < -0.3 is 38.0 Å². The zero-order valence-electron chi connectivity index (χ0n) is 38.1. The summed E-state index contributed by atoms with van der Waals surface area (Å²) in [4.78, 5) is 85.3. The molecule has 3 saturated carbocycles. The largest absolute Gasteiger partial charge is 0.509 e. The first-order valence-electron chi connectivity index (χ1n) is 22.7. The third-order valence-electron chi connectivity index (χ3n) is 15.5. The molecule has 0 spiro atoms. The molecule has 2 bridgehead atoms. The van der Waals surface area contributed by atoms with Crippen molar-refractivity contribution in [1.82, 2.24) is 0 Å². The van der Waals surface area contributed by atoms with Gasteiger partial charge in [-0.05, 0) is 73.7 Å². The van der Waals surface area contributed by atoms with E-state index in [0.717, 1.165) is 0 Å². The number of hydrogen-bond acceptors (Lipinski definition) is 14. The number of Topliss-reactive ketones (excluding diaryl/α,β-unsaturated/α-hetero) is 2. The first-order valence-corrected chi connectivity index (χ1v) is 25.2. The smallest absolute Gasteiger partial charge is 0.457 e. The van der Waals surface area contributed by atoms with E-state index < -0.39 is 103 Å². The predicted octanol–water partition coefficient (Wildman–Crippen LogP) is 7.39. The topological polar surface area (TPSA) is 187 Å². The molecule has 2 aromatic rings. The van der Waals surface area contributed by atoms with Crippen LogP contribution in [0.2, 0.25) is 18.1 Å². The summed E-state index contributed by atoms with van der Waals surface area (Å²) in [5.74, 6) is -5.70. The van der Waals surface area contributed by atoms with Crippen LogP contribution in [-0.4, -0.2) is 97.4 Å². The van der Waals surface area contributed by atoms with Crippen molar-refractivity contribution in [3.8, 4) is 0 Å². The van der Waals surface area contributed by atoms with Crippen molar-refractivity contribution in [2.24, 2.45) is 22.7 Å². The van der Waals surface area contributed by atoms with E-state index in [-0.39, 0.29) is 55.8 Å². The second-order valence-corrected chi connectivity index (χ2v) is 23.7. The number of ketones is 2. The second kappa shape index (κ2) is 17.9. The van der Waals surface area contributed by atoms with Gasteiger partial charge >= 0.3 is 24.1 Å². The van der Waals surface area contributed by atoms with Gasteiger partial charge in [0.1, 0.15) is 42.2 Å². The Morgan fingerprint density at radius 3 is 2.09 bits per heavy atom. The molecule has 2 aromatic carbocycles. The maximum Gasteiger partial charge on any atom is 0.509 e. The van der Waals surface area contributed by atoms with E-state index in [9.17, 15) is 29.1 Å². The van der Waals surface area contributed by atoms with Crippen LogP contribution in [0.15, 0.2) is 71.8 Å². The SMILES string of the molecule is CC[Si](CC)(CC)O[C@H]1C[C@H]2OC[C@@]2(OC(C)=O)[C@H]2[C@H](OC(=O)c3ccccc3)[C@]3(O)C[C@H](OC(=O)C4CCCC4=O)C(C)=C([C@@H](OC(=O)OCc4ccccc4)C(=O)[C@]12C)C3(C)C. The summed E-state index contributed by atoms with van der Waals surface area (Å²) in [6.07, 6.45) is -7.10. The number of hydrogen-bond donors (Lipinski definition) is 1. The molecule has 1 unspecified atom stereocenters. The van der Waals surface area contributed by atoms with E-state index in [2.05, 4.69) is 0 Å². The van der Waals surface area contributed by atoms with Crippen LogP contribution in [0.1, 0.15) is 103 Å². The highest BCUT2D eigenvalue weighted by molar-refractivity contribution is 6.73. The van der Waals surface area contributed by atoms with Crippen molar-refractivity contribution in [2.45, 2.75) is 154 Å². The number of benzene rings is 2. The predicted molar refractivity (Wildman–Crippen MR) is 233 cm³/mol. The van der Waals surface area contributed by atoms with E-state index in [1.807, 2.05) is 26.8 Å². The van der Waals surface area contributed by atoms with Crippen LogP contribution < -0.4 is 0 Å². The minimum Gasteiger partial charge on any atom is -0.457 e. The van der Waals surface area contributed by atoms with E-state index in [0.29, 0.717) is 35.7 Å². The first-order chi connectivity index (χ1) is 30.3. The van der Waals surface area contributed by atoms with Gasteiger partial charge in [-0.3, -0.25) is 19.2 Å². The molecule has 64 heavy (non-hydrogen) atoms. The Hall–Kier alpha value is -4.70. The molecule has 14 nitrogen and oxygen atoms in total. The van der Waals surface area contributed by atoms with Crippen molar-refractivity contribution in [3.63, 3.8) is 0 Å². The zero-order valence-corrected chi connectivity index (χ0v) is 39.1. The normalized spacial score (nSPS) is 33.0. The highest BCUT2D eigenvalue weighted by Gasteiger charge is 2.79. The summed E-state index contributed by atoms with van der Waals surface area (Å²) >= 11 is 0. The van der Waals surface area contributed by atoms with Gasteiger partial charge in [0.05, 0.1) is 29.6 Å². The van der Waals surface area contributed by atoms with Crippen LogP contribution in [0.25, 0.3) is 0 Å². The fourth-order valence-electron chi connectivity index (χ4n) is 11.4. The van der Waals surface area contributed by atoms with E-state index in [1.165, 1.54) is 6.92 Å². The van der Waals surface area contributed by atoms with Crippen molar-refractivity contribution in [1.29, 1.82) is 0 Å². The minimum atomic E-state index is -2.63. The molecule has 7 rings (SSSR count). The molecule has 0 radical (unpaired) electrons. The summed E-state index contributed by atoms with van der Waals surface area (Å²) in [5, 5.41) is 14.0. The Kier molecular flexibility index (Phi) is 13.2. The minimum absolute atomic E-state index is 0.0841. The standard InChI is InChI=1S/C49H62O14Si/c1-9-64(10-2,11-3)63-36-25-37-48(28-58-37,62-30(5)50)40-42(61-43(53)32-21-16-13-17-22-32)49(56)26-35(59-44(54)33-23-18-24-34(33)51)29(4)38(46(49,6)7)39(41(52)47(36,40)8)60-45(55)57-27-31-19-14-12-15-20-31/h12-17,19-22,33,35-37,39-40,42,56H,9-11,18,23-28H2,1-8H3/t33?,35-,36-,37+,39+,40-,42-,47+,48-,49+/m0/s1. The number of esters is 3. The van der Waals surface area contributed by atoms with Gasteiger partial charge in [0.2, 0.25) is 0 Å². The molecule has 5 aliphatic rings. The lowest BCUT2D eigenvalue weighted by molar-refractivity contribution is -0.344. The highest BCUT2D eigenvalue weighted by atomic mass is 28.4. The Morgan fingerprint density at radius 2 is 1.53 bits per heavy atom.